The Labute approximate surface area is 202 Å². The molecule has 0 aliphatic carbocycles. The number of esters is 1. The zero-order valence-electron chi connectivity index (χ0n) is 19.6. The van der Waals surface area contributed by atoms with Gasteiger partial charge in [-0.2, -0.15) is 0 Å². The van der Waals surface area contributed by atoms with Crippen LogP contribution in [0.15, 0.2) is 68.6 Å². The van der Waals surface area contributed by atoms with E-state index in [-0.39, 0.29) is 23.7 Å². The summed E-state index contributed by atoms with van der Waals surface area (Å²) in [5.41, 5.74) is 1.29. The van der Waals surface area contributed by atoms with E-state index in [1.54, 1.807) is 6.07 Å². The first-order valence-corrected chi connectivity index (χ1v) is 11.8. The third-order valence-electron chi connectivity index (χ3n) is 7.05. The van der Waals surface area contributed by atoms with Gasteiger partial charge in [-0.05, 0) is 24.0 Å². The van der Waals surface area contributed by atoms with Crippen molar-refractivity contribution >= 4 is 5.97 Å². The highest BCUT2D eigenvalue weighted by molar-refractivity contribution is 5.71. The number of rotatable bonds is 6. The third kappa shape index (κ3) is 4.66. The molecular weight excluding hydrogens is 448 g/mol. The lowest BCUT2D eigenvalue weighted by molar-refractivity contribution is -0.140. The molecule has 0 unspecified atom stereocenters. The number of carbonyl (C=O) groups is 1. The molecule has 1 fully saturated rings. The fourth-order valence-electron chi connectivity index (χ4n) is 5.51. The Bertz CT molecular complexity index is 1350. The number of ether oxygens (including phenoxy) is 1. The molecule has 182 valence electrons. The van der Waals surface area contributed by atoms with Crippen LogP contribution in [0.5, 0.6) is 5.75 Å². The molecule has 1 saturated heterocycles. The maximum atomic E-state index is 12.7. The highest BCUT2D eigenvalue weighted by atomic mass is 16.5. The van der Waals surface area contributed by atoms with Crippen molar-refractivity contribution in [3.8, 4) is 5.75 Å². The van der Waals surface area contributed by atoms with Gasteiger partial charge in [0, 0.05) is 43.4 Å². The molecule has 1 aromatic carbocycles. The van der Waals surface area contributed by atoms with Gasteiger partial charge < -0.3 is 18.8 Å². The van der Waals surface area contributed by atoms with Crippen LogP contribution in [0, 0.1) is 5.92 Å². The number of nitrogens with zero attached hydrogens (tertiary/aromatic N) is 2. The zero-order chi connectivity index (χ0) is 24.5. The van der Waals surface area contributed by atoms with Gasteiger partial charge in [0.1, 0.15) is 5.76 Å². The summed E-state index contributed by atoms with van der Waals surface area (Å²) in [5, 5.41) is 10.6. The van der Waals surface area contributed by atoms with Crippen LogP contribution in [0.4, 0.5) is 0 Å². The van der Waals surface area contributed by atoms with Crippen molar-refractivity contribution in [2.24, 2.45) is 5.92 Å². The second-order valence-corrected chi connectivity index (χ2v) is 9.43. The number of aromatic hydroxyl groups is 1. The van der Waals surface area contributed by atoms with Crippen LogP contribution in [0.2, 0.25) is 0 Å². The molecule has 2 aliphatic rings. The fourth-order valence-corrected chi connectivity index (χ4v) is 5.51. The number of fused-ring (bicyclic) bond motifs is 4. The topological polar surface area (TPSA) is 102 Å². The highest BCUT2D eigenvalue weighted by Gasteiger charge is 2.35. The lowest BCUT2D eigenvalue weighted by Crippen LogP contribution is -2.46. The van der Waals surface area contributed by atoms with Crippen LogP contribution < -0.4 is 11.0 Å². The monoisotopic (exact) mass is 476 g/mol. The number of pyridine rings is 1. The molecule has 35 heavy (non-hydrogen) atoms. The van der Waals surface area contributed by atoms with E-state index in [0.717, 1.165) is 30.8 Å². The van der Waals surface area contributed by atoms with Gasteiger partial charge in [-0.25, -0.2) is 0 Å². The molecule has 0 spiro atoms. The summed E-state index contributed by atoms with van der Waals surface area (Å²) in [6, 6.07) is 15.9. The second-order valence-electron chi connectivity index (χ2n) is 9.43. The second kappa shape index (κ2) is 9.54. The van der Waals surface area contributed by atoms with Gasteiger partial charge in [0.15, 0.2) is 5.76 Å². The van der Waals surface area contributed by atoms with E-state index in [9.17, 15) is 19.5 Å². The number of carbonyl (C=O) groups excluding carboxylic acids is 1. The van der Waals surface area contributed by atoms with E-state index in [0.29, 0.717) is 24.8 Å². The van der Waals surface area contributed by atoms with Crippen LogP contribution in [-0.2, 0) is 22.6 Å². The Kier molecular flexibility index (Phi) is 6.30. The Morgan fingerprint density at radius 2 is 1.91 bits per heavy atom. The number of aromatic nitrogens is 1. The molecule has 5 rings (SSSR count). The van der Waals surface area contributed by atoms with E-state index in [1.165, 1.54) is 13.2 Å². The number of hydrogen-bond donors (Lipinski definition) is 1. The molecule has 2 aromatic heterocycles. The van der Waals surface area contributed by atoms with Crippen LogP contribution in [-0.4, -0.2) is 40.7 Å². The van der Waals surface area contributed by atoms with E-state index in [1.807, 2.05) is 47.0 Å². The average Bonchev–Trinajstić information content (AvgIpc) is 2.86. The van der Waals surface area contributed by atoms with Crippen molar-refractivity contribution in [2.45, 2.75) is 37.8 Å². The molecule has 8 nitrogen and oxygen atoms in total. The molecule has 0 radical (unpaired) electrons. The standard InChI is InChI=1S/C27H28N2O6/c1-34-25(32)12-21(18-6-3-2-4-7-18)27-26(33)23(30)11-20(35-27)16-28-13-17-10-19(15-28)22-8-5-9-24(31)29(22)14-17/h2-9,11,17,19,21,33H,10,12-16H2,1H3/t17-,19+,21-/m0/s1. The van der Waals surface area contributed by atoms with Crippen molar-refractivity contribution < 1.29 is 19.1 Å². The molecule has 0 amide bonds. The lowest BCUT2D eigenvalue weighted by atomic mass is 9.83. The van der Waals surface area contributed by atoms with Crippen molar-refractivity contribution in [3.05, 3.63) is 98.0 Å². The van der Waals surface area contributed by atoms with Gasteiger partial charge in [-0.3, -0.25) is 19.3 Å². The van der Waals surface area contributed by atoms with Gasteiger partial charge in [-0.1, -0.05) is 36.4 Å². The number of benzene rings is 1. The Morgan fingerprint density at radius 1 is 1.11 bits per heavy atom. The molecule has 0 saturated carbocycles. The summed E-state index contributed by atoms with van der Waals surface area (Å²) in [7, 11) is 1.30. The minimum Gasteiger partial charge on any atom is -0.502 e. The van der Waals surface area contributed by atoms with E-state index in [2.05, 4.69) is 4.90 Å². The van der Waals surface area contributed by atoms with Gasteiger partial charge in [0.25, 0.3) is 5.56 Å². The molecule has 8 heteroatoms. The molecule has 3 atom stereocenters. The molecule has 4 heterocycles. The minimum atomic E-state index is -0.657. The van der Waals surface area contributed by atoms with Crippen LogP contribution in [0.3, 0.4) is 0 Å². The predicted octanol–water partition coefficient (Wildman–Crippen LogP) is 2.82. The quantitative estimate of drug-likeness (QED) is 0.546. The van der Waals surface area contributed by atoms with E-state index in [4.69, 9.17) is 9.15 Å². The fraction of sp³-hybridized carbons (Fsp3) is 0.370. The average molecular weight is 477 g/mol. The van der Waals surface area contributed by atoms with E-state index < -0.39 is 23.1 Å². The van der Waals surface area contributed by atoms with Crippen LogP contribution in [0.25, 0.3) is 0 Å². The molecule has 3 aromatic rings. The van der Waals surface area contributed by atoms with Crippen molar-refractivity contribution in [1.29, 1.82) is 0 Å². The summed E-state index contributed by atoms with van der Waals surface area (Å²) in [4.78, 5) is 39.4. The number of methoxy groups -OCH3 is 1. The summed E-state index contributed by atoms with van der Waals surface area (Å²) in [6.07, 6.45) is 0.958. The first-order valence-electron chi connectivity index (χ1n) is 11.8. The first-order chi connectivity index (χ1) is 16.9. The predicted molar refractivity (Wildman–Crippen MR) is 128 cm³/mol. The summed E-state index contributed by atoms with van der Waals surface area (Å²) in [5.74, 6) is -0.551. The van der Waals surface area contributed by atoms with Crippen LogP contribution >= 0.6 is 0 Å². The summed E-state index contributed by atoms with van der Waals surface area (Å²) >= 11 is 0. The molecule has 2 aliphatic heterocycles. The number of piperidine rings is 1. The third-order valence-corrected chi connectivity index (χ3v) is 7.05. The van der Waals surface area contributed by atoms with E-state index >= 15 is 0 Å². The number of hydrogen-bond acceptors (Lipinski definition) is 7. The first kappa shape index (κ1) is 23.1. The smallest absolute Gasteiger partial charge is 0.306 e. The van der Waals surface area contributed by atoms with Crippen LogP contribution in [0.1, 0.15) is 47.5 Å². The van der Waals surface area contributed by atoms with Gasteiger partial charge in [0.2, 0.25) is 11.2 Å². The largest absolute Gasteiger partial charge is 0.502 e. The maximum absolute atomic E-state index is 12.7. The molecule has 1 N–H and O–H groups in total. The van der Waals surface area contributed by atoms with Crippen molar-refractivity contribution in [2.75, 3.05) is 20.2 Å². The highest BCUT2D eigenvalue weighted by Crippen LogP contribution is 2.37. The van der Waals surface area contributed by atoms with Gasteiger partial charge >= 0.3 is 5.97 Å². The summed E-state index contributed by atoms with van der Waals surface area (Å²) in [6.45, 7) is 2.60. The van der Waals surface area contributed by atoms with Gasteiger partial charge in [0.05, 0.1) is 26.0 Å². The Morgan fingerprint density at radius 3 is 2.69 bits per heavy atom. The Hall–Kier alpha value is -3.65. The van der Waals surface area contributed by atoms with Crippen molar-refractivity contribution in [1.82, 2.24) is 9.47 Å². The lowest BCUT2D eigenvalue weighted by Gasteiger charge is -2.42. The maximum Gasteiger partial charge on any atom is 0.306 e. The Balaban J connectivity index is 1.44. The van der Waals surface area contributed by atoms with Crippen molar-refractivity contribution in [3.63, 3.8) is 0 Å². The zero-order valence-corrected chi connectivity index (χ0v) is 19.6. The SMILES string of the molecule is COC(=O)C[C@@H](c1ccccc1)c1oc(CN2C[C@@H]3C[C@H](C2)c2cccc(=O)n2C3)cc(=O)c1O. The minimum absolute atomic E-state index is 0.0392. The number of likely N-dealkylation sites (tertiary alicyclic amines) is 1. The molecular formula is C27H28N2O6. The molecule has 2 bridgehead atoms. The summed E-state index contributed by atoms with van der Waals surface area (Å²) < 4.78 is 12.8. The normalized spacial score (nSPS) is 20.1. The van der Waals surface area contributed by atoms with Gasteiger partial charge in [-0.15, -0.1) is 0 Å².